The summed E-state index contributed by atoms with van der Waals surface area (Å²) in [6.45, 7) is 2.15. The molecule has 1 rings (SSSR count). The SMILES string of the molecule is CCCC1(NC)CCC(N)(C(=O)O)C(CCC[B]O)C1. The van der Waals surface area contributed by atoms with E-state index < -0.39 is 11.5 Å². The first-order valence-electron chi connectivity index (χ1n) is 7.61. The summed E-state index contributed by atoms with van der Waals surface area (Å²) < 4.78 is 0. The van der Waals surface area contributed by atoms with Gasteiger partial charge in [0.25, 0.3) is 7.48 Å². The zero-order valence-electron chi connectivity index (χ0n) is 12.7. The number of carboxylic acid groups (broad SMARTS) is 1. The molecule has 0 aromatic heterocycles. The van der Waals surface area contributed by atoms with E-state index in [0.717, 1.165) is 46.0 Å². The van der Waals surface area contributed by atoms with Crippen LogP contribution in [-0.2, 0) is 4.79 Å². The van der Waals surface area contributed by atoms with Crippen molar-refractivity contribution in [1.82, 2.24) is 5.32 Å². The molecule has 0 spiro atoms. The molecule has 0 heterocycles. The minimum Gasteiger partial charge on any atom is -0.480 e. The van der Waals surface area contributed by atoms with Crippen molar-refractivity contribution in [2.45, 2.75) is 69.3 Å². The van der Waals surface area contributed by atoms with Crippen LogP contribution in [0.15, 0.2) is 0 Å². The van der Waals surface area contributed by atoms with Crippen molar-refractivity contribution in [2.75, 3.05) is 7.05 Å². The molecule has 0 aromatic carbocycles. The van der Waals surface area contributed by atoms with Gasteiger partial charge in [0.1, 0.15) is 5.54 Å². The number of nitrogens with one attached hydrogen (secondary N) is 1. The highest BCUT2D eigenvalue weighted by Gasteiger charge is 2.50. The second kappa shape index (κ2) is 7.43. The van der Waals surface area contributed by atoms with Crippen LogP contribution in [0.3, 0.4) is 0 Å². The largest absolute Gasteiger partial charge is 0.480 e. The molecule has 0 aromatic rings. The molecule has 1 saturated carbocycles. The topological polar surface area (TPSA) is 95.6 Å². The summed E-state index contributed by atoms with van der Waals surface area (Å²) in [6, 6.07) is 0. The summed E-state index contributed by atoms with van der Waals surface area (Å²) in [7, 11) is 3.09. The molecule has 0 aliphatic heterocycles. The zero-order chi connectivity index (χ0) is 15.2. The Morgan fingerprint density at radius 1 is 1.50 bits per heavy atom. The Kier molecular flexibility index (Phi) is 6.49. The highest BCUT2D eigenvalue weighted by Crippen LogP contribution is 2.42. The van der Waals surface area contributed by atoms with Crippen molar-refractivity contribution < 1.29 is 14.9 Å². The van der Waals surface area contributed by atoms with Crippen LogP contribution in [0.5, 0.6) is 0 Å². The first-order valence-corrected chi connectivity index (χ1v) is 7.61. The van der Waals surface area contributed by atoms with Crippen LogP contribution in [0.25, 0.3) is 0 Å². The average Bonchev–Trinajstić information content (AvgIpc) is 2.43. The molecule has 0 bridgehead atoms. The van der Waals surface area contributed by atoms with Gasteiger partial charge in [-0.25, -0.2) is 0 Å². The highest BCUT2D eigenvalue weighted by molar-refractivity contribution is 6.25. The van der Waals surface area contributed by atoms with Crippen LogP contribution in [-0.4, -0.2) is 41.7 Å². The van der Waals surface area contributed by atoms with Crippen molar-refractivity contribution in [2.24, 2.45) is 11.7 Å². The molecule has 1 fully saturated rings. The van der Waals surface area contributed by atoms with Crippen molar-refractivity contribution in [3.8, 4) is 0 Å². The minimum atomic E-state index is -1.12. The van der Waals surface area contributed by atoms with Gasteiger partial charge in [-0.3, -0.25) is 4.79 Å². The van der Waals surface area contributed by atoms with E-state index in [9.17, 15) is 9.90 Å². The Bertz CT molecular complexity index is 330. The maximum absolute atomic E-state index is 11.6. The molecule has 5 N–H and O–H groups in total. The molecule has 20 heavy (non-hydrogen) atoms. The lowest BCUT2D eigenvalue weighted by atomic mass is 9.63. The van der Waals surface area contributed by atoms with Gasteiger partial charge in [0.05, 0.1) is 0 Å². The van der Waals surface area contributed by atoms with Gasteiger partial charge in [0.15, 0.2) is 0 Å². The van der Waals surface area contributed by atoms with E-state index in [-0.39, 0.29) is 11.5 Å². The summed E-state index contributed by atoms with van der Waals surface area (Å²) in [5.41, 5.74) is 5.09. The summed E-state index contributed by atoms with van der Waals surface area (Å²) in [5, 5.41) is 21.7. The number of hydrogen-bond donors (Lipinski definition) is 4. The van der Waals surface area contributed by atoms with Crippen molar-refractivity contribution in [3.05, 3.63) is 0 Å². The molecular formula is C14H28BN2O3. The van der Waals surface area contributed by atoms with Gasteiger partial charge in [0, 0.05) is 5.54 Å². The fourth-order valence-corrected chi connectivity index (χ4v) is 3.56. The molecule has 0 saturated heterocycles. The third kappa shape index (κ3) is 3.74. The Hall–Kier alpha value is -0.585. The van der Waals surface area contributed by atoms with E-state index in [4.69, 9.17) is 10.8 Å². The van der Waals surface area contributed by atoms with E-state index in [1.54, 1.807) is 0 Å². The van der Waals surface area contributed by atoms with Crippen LogP contribution < -0.4 is 11.1 Å². The smallest absolute Gasteiger partial charge is 0.323 e. The van der Waals surface area contributed by atoms with Crippen molar-refractivity contribution >= 4 is 13.5 Å². The van der Waals surface area contributed by atoms with Crippen LogP contribution >= 0.6 is 0 Å². The fourth-order valence-electron chi connectivity index (χ4n) is 3.56. The molecule has 115 valence electrons. The molecule has 0 amide bonds. The normalized spacial score (nSPS) is 33.9. The second-order valence-corrected chi connectivity index (χ2v) is 6.14. The van der Waals surface area contributed by atoms with Gasteiger partial charge in [-0.15, -0.1) is 0 Å². The highest BCUT2D eigenvalue weighted by atomic mass is 16.4. The summed E-state index contributed by atoms with van der Waals surface area (Å²) in [4.78, 5) is 11.6. The summed E-state index contributed by atoms with van der Waals surface area (Å²) in [6.07, 6.45) is 6.34. The van der Waals surface area contributed by atoms with Crippen LogP contribution in [0.1, 0.15) is 51.9 Å². The molecular weight excluding hydrogens is 255 g/mol. The van der Waals surface area contributed by atoms with Gasteiger partial charge >= 0.3 is 5.97 Å². The maximum Gasteiger partial charge on any atom is 0.323 e. The quantitative estimate of drug-likeness (QED) is 0.396. The average molecular weight is 283 g/mol. The van der Waals surface area contributed by atoms with E-state index in [0.29, 0.717) is 12.7 Å². The van der Waals surface area contributed by atoms with Crippen LogP contribution in [0.4, 0.5) is 0 Å². The lowest BCUT2D eigenvalue weighted by Crippen LogP contribution is -2.62. The molecule has 1 aliphatic rings. The number of carbonyl (C=O) groups is 1. The molecule has 1 aliphatic carbocycles. The first kappa shape index (κ1) is 17.5. The van der Waals surface area contributed by atoms with Gasteiger partial charge in [-0.2, -0.15) is 0 Å². The van der Waals surface area contributed by atoms with Crippen molar-refractivity contribution in [1.29, 1.82) is 0 Å². The maximum atomic E-state index is 11.6. The van der Waals surface area contributed by atoms with Crippen LogP contribution in [0, 0.1) is 5.92 Å². The molecule has 5 nitrogen and oxygen atoms in total. The third-order valence-electron chi connectivity index (χ3n) is 4.93. The third-order valence-corrected chi connectivity index (χ3v) is 4.93. The fraction of sp³-hybridized carbons (Fsp3) is 0.929. The predicted molar refractivity (Wildman–Crippen MR) is 80.6 cm³/mol. The Balaban J connectivity index is 2.84. The molecule has 6 heteroatoms. The Morgan fingerprint density at radius 2 is 2.20 bits per heavy atom. The molecule has 3 atom stereocenters. The Morgan fingerprint density at radius 3 is 2.70 bits per heavy atom. The predicted octanol–water partition coefficient (Wildman–Crippen LogP) is 1.14. The van der Waals surface area contributed by atoms with E-state index in [1.807, 2.05) is 7.05 Å². The number of rotatable bonds is 8. The number of hydrogen-bond acceptors (Lipinski definition) is 4. The van der Waals surface area contributed by atoms with Gasteiger partial charge in [-0.1, -0.05) is 26.1 Å². The first-order chi connectivity index (χ1) is 9.44. The van der Waals surface area contributed by atoms with Gasteiger partial charge in [0.2, 0.25) is 0 Å². The lowest BCUT2D eigenvalue weighted by molar-refractivity contribution is -0.148. The summed E-state index contributed by atoms with van der Waals surface area (Å²) >= 11 is 0. The van der Waals surface area contributed by atoms with Gasteiger partial charge < -0.3 is 21.2 Å². The standard InChI is InChI=1S/C14H28BN2O3/c1-3-6-13(17-2)7-8-14(16,12(18)19)11(10-13)5-4-9-15-20/h11,17,20H,3-10,16H2,1-2H3,(H,18,19). The zero-order valence-corrected chi connectivity index (χ0v) is 12.7. The van der Waals surface area contributed by atoms with Crippen molar-refractivity contribution in [3.63, 3.8) is 0 Å². The molecule has 3 unspecified atom stereocenters. The summed E-state index contributed by atoms with van der Waals surface area (Å²) in [5.74, 6) is -0.940. The van der Waals surface area contributed by atoms with E-state index in [2.05, 4.69) is 12.2 Å². The second-order valence-electron chi connectivity index (χ2n) is 6.14. The minimum absolute atomic E-state index is 0.0145. The number of nitrogens with two attached hydrogens (primary N) is 1. The van der Waals surface area contributed by atoms with E-state index >= 15 is 0 Å². The molecule has 1 radical (unpaired) electrons. The monoisotopic (exact) mass is 283 g/mol. The van der Waals surface area contributed by atoms with Gasteiger partial charge in [-0.05, 0) is 45.1 Å². The van der Waals surface area contributed by atoms with Crippen LogP contribution in [0.2, 0.25) is 6.32 Å². The number of aliphatic carboxylic acids is 1. The number of carboxylic acids is 1. The van der Waals surface area contributed by atoms with E-state index in [1.165, 1.54) is 0 Å². The lowest BCUT2D eigenvalue weighted by Gasteiger charge is -2.48. The Labute approximate surface area is 122 Å².